The highest BCUT2D eigenvalue weighted by molar-refractivity contribution is 5.94. The zero-order valence-electron chi connectivity index (χ0n) is 17.0. The Morgan fingerprint density at radius 1 is 1.07 bits per heavy atom. The molecule has 1 unspecified atom stereocenters. The summed E-state index contributed by atoms with van der Waals surface area (Å²) in [5.74, 6) is 1.26. The van der Waals surface area contributed by atoms with Crippen LogP contribution < -0.4 is 5.32 Å². The largest absolute Gasteiger partial charge is 0.338 e. The van der Waals surface area contributed by atoms with Gasteiger partial charge in [-0.1, -0.05) is 18.2 Å². The quantitative estimate of drug-likeness (QED) is 0.725. The predicted octanol–water partition coefficient (Wildman–Crippen LogP) is 3.44. The zero-order valence-corrected chi connectivity index (χ0v) is 17.0. The lowest BCUT2D eigenvalue weighted by Gasteiger charge is -2.40. The molecule has 0 bridgehead atoms. The van der Waals surface area contributed by atoms with Gasteiger partial charge in [0.05, 0.1) is 11.3 Å². The third-order valence-corrected chi connectivity index (χ3v) is 6.15. The molecule has 1 aliphatic heterocycles. The van der Waals surface area contributed by atoms with Gasteiger partial charge in [0.15, 0.2) is 0 Å². The molecule has 1 amide bonds. The van der Waals surface area contributed by atoms with Crippen molar-refractivity contribution in [2.75, 3.05) is 18.4 Å². The first-order valence-electron chi connectivity index (χ1n) is 10.4. The van der Waals surface area contributed by atoms with Gasteiger partial charge in [-0.25, -0.2) is 19.9 Å². The number of para-hydroxylation sites is 1. The van der Waals surface area contributed by atoms with E-state index >= 15 is 0 Å². The van der Waals surface area contributed by atoms with Gasteiger partial charge in [-0.05, 0) is 50.3 Å². The minimum atomic E-state index is -0.0490. The zero-order chi connectivity index (χ0) is 20.6. The molecular weight excluding hydrogens is 376 g/mol. The van der Waals surface area contributed by atoms with Crippen molar-refractivity contribution in [2.45, 2.75) is 38.0 Å². The predicted molar refractivity (Wildman–Crippen MR) is 114 cm³/mol. The lowest BCUT2D eigenvalue weighted by Crippen LogP contribution is -2.48. The number of aryl methyl sites for hydroxylation is 2. The minimum absolute atomic E-state index is 0.0143. The number of hydrogen-bond acceptors (Lipinski definition) is 6. The van der Waals surface area contributed by atoms with Gasteiger partial charge in [-0.2, -0.15) is 0 Å². The Bertz CT molecular complexity index is 1060. The fourth-order valence-electron chi connectivity index (χ4n) is 4.67. The summed E-state index contributed by atoms with van der Waals surface area (Å²) in [6, 6.07) is 9.73. The number of carbonyl (C=O) groups is 1. The first-order valence-corrected chi connectivity index (χ1v) is 10.4. The number of amides is 1. The summed E-state index contributed by atoms with van der Waals surface area (Å²) in [7, 11) is 0. The number of nitrogens with zero attached hydrogens (tertiary/aromatic N) is 5. The van der Waals surface area contributed by atoms with Gasteiger partial charge < -0.3 is 10.2 Å². The second-order valence-electron chi connectivity index (χ2n) is 8.19. The molecule has 7 heteroatoms. The van der Waals surface area contributed by atoms with Gasteiger partial charge in [0.1, 0.15) is 5.82 Å². The molecule has 30 heavy (non-hydrogen) atoms. The molecule has 1 atom stereocenters. The lowest BCUT2D eigenvalue weighted by molar-refractivity contribution is 0.0632. The smallest absolute Gasteiger partial charge is 0.257 e. The van der Waals surface area contributed by atoms with Crippen LogP contribution in [0.3, 0.4) is 0 Å². The molecule has 1 fully saturated rings. The van der Waals surface area contributed by atoms with Gasteiger partial charge >= 0.3 is 0 Å². The Morgan fingerprint density at radius 2 is 1.87 bits per heavy atom. The molecule has 7 nitrogen and oxygen atoms in total. The molecule has 2 aliphatic rings. The van der Waals surface area contributed by atoms with Crippen molar-refractivity contribution in [1.29, 1.82) is 0 Å². The van der Waals surface area contributed by atoms with Gasteiger partial charge in [0.2, 0.25) is 5.95 Å². The first kappa shape index (κ1) is 18.7. The monoisotopic (exact) mass is 400 g/mol. The summed E-state index contributed by atoms with van der Waals surface area (Å²) in [6.45, 7) is 3.38. The van der Waals surface area contributed by atoms with Crippen molar-refractivity contribution < 1.29 is 4.79 Å². The molecule has 3 heterocycles. The molecule has 1 spiro atoms. The standard InChI is InChI=1S/C23H24N6O/c1-16-24-12-17-8-10-23(20(17)27-16)9-5-11-29(15-23)21(30)18-13-25-22(26-14-18)28-19-6-3-2-4-7-19/h2-4,6-7,12-14H,5,8-11,15H2,1H3,(H,25,26,28). The fraction of sp³-hybridized carbons (Fsp3) is 0.348. The maximum Gasteiger partial charge on any atom is 0.257 e. The van der Waals surface area contributed by atoms with Gasteiger partial charge in [0, 0.05) is 42.8 Å². The maximum atomic E-state index is 13.2. The SMILES string of the molecule is Cc1ncc2c(n1)C1(CCCN(C(=O)c3cnc(Nc4ccccc4)nc3)C1)CC2. The van der Waals surface area contributed by atoms with Crippen molar-refractivity contribution in [3.8, 4) is 0 Å². The molecule has 0 saturated carbocycles. The number of hydrogen-bond donors (Lipinski definition) is 1. The van der Waals surface area contributed by atoms with E-state index in [1.165, 1.54) is 5.56 Å². The second-order valence-corrected chi connectivity index (χ2v) is 8.19. The molecule has 5 rings (SSSR count). The summed E-state index contributed by atoms with van der Waals surface area (Å²) in [6.07, 6.45) is 9.23. The summed E-state index contributed by atoms with van der Waals surface area (Å²) in [5.41, 5.74) is 3.75. The van der Waals surface area contributed by atoms with Crippen LogP contribution in [-0.4, -0.2) is 43.8 Å². The summed E-state index contributed by atoms with van der Waals surface area (Å²) in [5, 5.41) is 3.14. The van der Waals surface area contributed by atoms with E-state index in [0.717, 1.165) is 49.4 Å². The van der Waals surface area contributed by atoms with E-state index in [2.05, 4.69) is 20.3 Å². The second kappa shape index (κ2) is 7.48. The Balaban J connectivity index is 1.33. The van der Waals surface area contributed by atoms with E-state index in [1.54, 1.807) is 12.4 Å². The van der Waals surface area contributed by atoms with Crippen molar-refractivity contribution in [3.63, 3.8) is 0 Å². The van der Waals surface area contributed by atoms with Crippen molar-refractivity contribution in [1.82, 2.24) is 24.8 Å². The normalized spacial score (nSPS) is 20.2. The first-order chi connectivity index (χ1) is 14.6. The molecule has 152 valence electrons. The highest BCUT2D eigenvalue weighted by Gasteiger charge is 2.44. The van der Waals surface area contributed by atoms with E-state index in [9.17, 15) is 4.79 Å². The topological polar surface area (TPSA) is 83.9 Å². The van der Waals surface area contributed by atoms with Crippen LogP contribution in [0.4, 0.5) is 11.6 Å². The van der Waals surface area contributed by atoms with E-state index in [-0.39, 0.29) is 11.3 Å². The third kappa shape index (κ3) is 3.40. The van der Waals surface area contributed by atoms with Gasteiger partial charge in [-0.15, -0.1) is 0 Å². The van der Waals surface area contributed by atoms with Gasteiger partial charge in [0.25, 0.3) is 5.91 Å². The number of likely N-dealkylation sites (tertiary alicyclic amines) is 1. The van der Waals surface area contributed by atoms with Crippen LogP contribution >= 0.6 is 0 Å². The highest BCUT2D eigenvalue weighted by atomic mass is 16.2. The third-order valence-electron chi connectivity index (χ3n) is 6.15. The molecular formula is C23H24N6O. The lowest BCUT2D eigenvalue weighted by atomic mass is 9.77. The molecule has 1 aliphatic carbocycles. The van der Waals surface area contributed by atoms with Crippen LogP contribution in [-0.2, 0) is 11.8 Å². The number of rotatable bonds is 3. The van der Waals surface area contributed by atoms with Gasteiger partial charge in [-0.3, -0.25) is 4.79 Å². The summed E-state index contributed by atoms with van der Waals surface area (Å²) >= 11 is 0. The molecule has 1 saturated heterocycles. The number of aromatic nitrogens is 4. The molecule has 2 aromatic heterocycles. The fourth-order valence-corrected chi connectivity index (χ4v) is 4.67. The van der Waals surface area contributed by atoms with E-state index in [1.807, 2.05) is 48.4 Å². The van der Waals surface area contributed by atoms with Crippen molar-refractivity contribution in [3.05, 3.63) is 71.6 Å². The van der Waals surface area contributed by atoms with Crippen LogP contribution in [0.1, 0.15) is 46.7 Å². The molecule has 1 aromatic carbocycles. The van der Waals surface area contributed by atoms with E-state index in [0.29, 0.717) is 18.1 Å². The van der Waals surface area contributed by atoms with E-state index < -0.39 is 0 Å². The molecule has 1 N–H and O–H groups in total. The number of benzene rings is 1. The van der Waals surface area contributed by atoms with Crippen LogP contribution in [0, 0.1) is 6.92 Å². The average molecular weight is 400 g/mol. The Hall–Kier alpha value is -3.35. The summed E-state index contributed by atoms with van der Waals surface area (Å²) < 4.78 is 0. The number of anilines is 2. The number of carbonyl (C=O) groups excluding carboxylic acids is 1. The molecule has 0 radical (unpaired) electrons. The van der Waals surface area contributed by atoms with Crippen LogP contribution in [0.15, 0.2) is 48.9 Å². The number of piperidine rings is 1. The maximum absolute atomic E-state index is 13.2. The number of fused-ring (bicyclic) bond motifs is 2. The molecule has 3 aromatic rings. The van der Waals surface area contributed by atoms with Crippen LogP contribution in [0.25, 0.3) is 0 Å². The van der Waals surface area contributed by atoms with Crippen LogP contribution in [0.5, 0.6) is 0 Å². The minimum Gasteiger partial charge on any atom is -0.338 e. The van der Waals surface area contributed by atoms with Crippen molar-refractivity contribution >= 4 is 17.5 Å². The van der Waals surface area contributed by atoms with Crippen molar-refractivity contribution in [2.24, 2.45) is 0 Å². The van der Waals surface area contributed by atoms with E-state index in [4.69, 9.17) is 4.98 Å². The Kier molecular flexibility index (Phi) is 4.65. The average Bonchev–Trinajstić information content (AvgIpc) is 3.11. The summed E-state index contributed by atoms with van der Waals surface area (Å²) in [4.78, 5) is 32.9. The highest BCUT2D eigenvalue weighted by Crippen LogP contribution is 2.44. The number of nitrogens with one attached hydrogen (secondary N) is 1. The van der Waals surface area contributed by atoms with Crippen LogP contribution in [0.2, 0.25) is 0 Å². The Morgan fingerprint density at radius 3 is 2.67 bits per heavy atom. The Labute approximate surface area is 175 Å².